The van der Waals surface area contributed by atoms with E-state index in [0.717, 1.165) is 50.1 Å². The first kappa shape index (κ1) is 31.6. The summed E-state index contributed by atoms with van der Waals surface area (Å²) in [5.74, 6) is 0. The summed E-state index contributed by atoms with van der Waals surface area (Å²) < 4.78 is 9.11. The third kappa shape index (κ3) is 5.48. The molecule has 0 saturated carbocycles. The van der Waals surface area contributed by atoms with E-state index in [4.69, 9.17) is 4.42 Å². The van der Waals surface area contributed by atoms with E-state index in [0.29, 0.717) is 0 Å². The summed E-state index contributed by atoms with van der Waals surface area (Å²) >= 11 is 1.87. The van der Waals surface area contributed by atoms with Crippen LogP contribution in [-0.4, -0.2) is 0 Å². The largest absolute Gasteiger partial charge is 0.455 e. The van der Waals surface area contributed by atoms with Crippen molar-refractivity contribution in [1.82, 2.24) is 0 Å². The first-order valence-corrected chi connectivity index (χ1v) is 19.5. The highest BCUT2D eigenvalue weighted by Gasteiger charge is 2.17. The number of nitrogens with zero attached hydrogens (tertiary/aromatic N) is 1. The Kier molecular flexibility index (Phi) is 7.39. The van der Waals surface area contributed by atoms with Gasteiger partial charge in [-0.05, 0) is 105 Å². The second-order valence-electron chi connectivity index (χ2n) is 14.1. The number of para-hydroxylation sites is 2. The molecule has 0 aliphatic rings. The Morgan fingerprint density at radius 1 is 0.345 bits per heavy atom. The van der Waals surface area contributed by atoms with Gasteiger partial charge in [-0.1, -0.05) is 133 Å². The molecule has 0 N–H and O–H groups in total. The highest BCUT2D eigenvalue weighted by molar-refractivity contribution is 7.25. The summed E-state index contributed by atoms with van der Waals surface area (Å²) in [6, 6.07) is 72.2. The van der Waals surface area contributed by atoms with E-state index >= 15 is 0 Å². The zero-order valence-electron chi connectivity index (χ0n) is 29.8. The van der Waals surface area contributed by atoms with Crippen molar-refractivity contribution in [2.45, 2.75) is 0 Å². The molecule has 11 rings (SSSR count). The Labute approximate surface area is 322 Å². The Morgan fingerprint density at radius 2 is 0.945 bits per heavy atom. The van der Waals surface area contributed by atoms with Gasteiger partial charge in [-0.25, -0.2) is 0 Å². The van der Waals surface area contributed by atoms with Crippen molar-refractivity contribution < 1.29 is 4.42 Å². The van der Waals surface area contributed by atoms with Crippen molar-refractivity contribution >= 4 is 81.3 Å². The van der Waals surface area contributed by atoms with Gasteiger partial charge in [-0.2, -0.15) is 0 Å². The molecule has 0 spiro atoms. The molecule has 0 radical (unpaired) electrons. The van der Waals surface area contributed by atoms with Crippen LogP contribution in [0.25, 0.3) is 86.3 Å². The molecule has 0 fully saturated rings. The molecule has 55 heavy (non-hydrogen) atoms. The Bertz CT molecular complexity index is 3190. The highest BCUT2D eigenvalue weighted by Crippen LogP contribution is 2.42. The third-order valence-electron chi connectivity index (χ3n) is 10.8. The normalized spacial score (nSPS) is 11.6. The van der Waals surface area contributed by atoms with Crippen molar-refractivity contribution in [3.05, 3.63) is 200 Å². The van der Waals surface area contributed by atoms with E-state index in [9.17, 15) is 0 Å². The minimum Gasteiger partial charge on any atom is -0.455 e. The molecule has 3 heteroatoms. The molecule has 2 nitrogen and oxygen atoms in total. The van der Waals surface area contributed by atoms with Crippen LogP contribution in [0.1, 0.15) is 0 Å². The monoisotopic (exact) mass is 719 g/mol. The number of rotatable bonds is 6. The number of fused-ring (bicyclic) bond motifs is 7. The first-order chi connectivity index (χ1) is 27.2. The van der Waals surface area contributed by atoms with E-state index in [1.54, 1.807) is 0 Å². The van der Waals surface area contributed by atoms with E-state index in [1.807, 2.05) is 23.5 Å². The number of anilines is 3. The molecule has 9 aromatic carbocycles. The lowest BCUT2D eigenvalue weighted by molar-refractivity contribution is 0.670. The molecule has 0 bridgehead atoms. The van der Waals surface area contributed by atoms with Gasteiger partial charge in [-0.3, -0.25) is 0 Å². The predicted octanol–water partition coefficient (Wildman–Crippen LogP) is 15.6. The van der Waals surface area contributed by atoms with Crippen LogP contribution >= 0.6 is 11.3 Å². The van der Waals surface area contributed by atoms with Gasteiger partial charge in [-0.15, -0.1) is 11.3 Å². The van der Waals surface area contributed by atoms with Gasteiger partial charge < -0.3 is 9.32 Å². The number of hydrogen-bond acceptors (Lipinski definition) is 3. The minimum atomic E-state index is 0.904. The molecule has 2 aromatic heterocycles. The molecule has 2 heterocycles. The zero-order chi connectivity index (χ0) is 36.3. The average molecular weight is 720 g/mol. The molecule has 258 valence electrons. The van der Waals surface area contributed by atoms with Crippen LogP contribution < -0.4 is 4.90 Å². The van der Waals surface area contributed by atoms with Gasteiger partial charge in [0.1, 0.15) is 11.2 Å². The van der Waals surface area contributed by atoms with Gasteiger partial charge in [0.2, 0.25) is 0 Å². The van der Waals surface area contributed by atoms with Crippen LogP contribution in [-0.2, 0) is 0 Å². The summed E-state index contributed by atoms with van der Waals surface area (Å²) in [5, 5.41) is 7.46. The van der Waals surface area contributed by atoms with E-state index in [2.05, 4.69) is 193 Å². The lowest BCUT2D eigenvalue weighted by Crippen LogP contribution is -2.10. The maximum atomic E-state index is 6.47. The summed E-state index contributed by atoms with van der Waals surface area (Å²) in [7, 11) is 0. The van der Waals surface area contributed by atoms with Crippen LogP contribution in [0.3, 0.4) is 0 Å². The van der Waals surface area contributed by atoms with Crippen molar-refractivity contribution in [3.63, 3.8) is 0 Å². The fourth-order valence-electron chi connectivity index (χ4n) is 8.11. The van der Waals surface area contributed by atoms with Crippen molar-refractivity contribution in [1.29, 1.82) is 0 Å². The first-order valence-electron chi connectivity index (χ1n) is 18.7. The third-order valence-corrected chi connectivity index (χ3v) is 12.0. The maximum Gasteiger partial charge on any atom is 0.143 e. The number of furan rings is 1. The molecule has 0 aliphatic heterocycles. The van der Waals surface area contributed by atoms with Gasteiger partial charge >= 0.3 is 0 Å². The van der Waals surface area contributed by atoms with E-state index in [1.165, 1.54) is 53.2 Å². The standard InChI is InChI=1S/C52H33NOS/c1-2-10-34(11-3-1)35-20-25-41(26-21-35)53(43-15-8-14-40(30-43)44-17-9-18-46-45-16-6-7-19-49(45)54-52(44)46)42-27-22-36(23-28-42)39-24-29-50-47(32-39)48-31-37-12-4-5-13-38(37)33-51(48)55-50/h1-33H. The topological polar surface area (TPSA) is 16.4 Å². The van der Waals surface area contributed by atoms with Gasteiger partial charge in [0.25, 0.3) is 0 Å². The van der Waals surface area contributed by atoms with Crippen LogP contribution in [0.15, 0.2) is 205 Å². The predicted molar refractivity (Wildman–Crippen MR) is 235 cm³/mol. The second-order valence-corrected chi connectivity index (χ2v) is 15.2. The Hall–Kier alpha value is -6.94. The SMILES string of the molecule is c1ccc(-c2ccc(N(c3ccc(-c4ccc5sc6cc7ccccc7cc6c5c4)cc3)c3cccc(-c4cccc5c4oc4ccccc45)c3)cc2)cc1. The van der Waals surface area contributed by atoms with Crippen LogP contribution in [0.2, 0.25) is 0 Å². The quantitative estimate of drug-likeness (QED) is 0.170. The highest BCUT2D eigenvalue weighted by atomic mass is 32.1. The average Bonchev–Trinajstić information content (AvgIpc) is 3.81. The fourth-order valence-corrected chi connectivity index (χ4v) is 9.23. The number of benzene rings is 9. The lowest BCUT2D eigenvalue weighted by Gasteiger charge is -2.26. The summed E-state index contributed by atoms with van der Waals surface area (Å²) in [5.41, 5.74) is 12.0. The van der Waals surface area contributed by atoms with Crippen molar-refractivity contribution in [2.75, 3.05) is 4.90 Å². The van der Waals surface area contributed by atoms with Crippen LogP contribution in [0.5, 0.6) is 0 Å². The van der Waals surface area contributed by atoms with Crippen molar-refractivity contribution in [3.8, 4) is 33.4 Å². The summed E-state index contributed by atoms with van der Waals surface area (Å²) in [6.07, 6.45) is 0. The molecule has 0 atom stereocenters. The van der Waals surface area contributed by atoms with Crippen LogP contribution in [0.4, 0.5) is 17.1 Å². The molecular weight excluding hydrogens is 687 g/mol. The molecule has 11 aromatic rings. The molecular formula is C52H33NOS. The van der Waals surface area contributed by atoms with Gasteiger partial charge in [0.05, 0.1) is 0 Å². The smallest absolute Gasteiger partial charge is 0.143 e. The number of thiophene rings is 1. The molecule has 0 saturated heterocycles. The summed E-state index contributed by atoms with van der Waals surface area (Å²) in [6.45, 7) is 0. The van der Waals surface area contributed by atoms with Crippen LogP contribution in [0, 0.1) is 0 Å². The maximum absolute atomic E-state index is 6.47. The molecule has 0 amide bonds. The second kappa shape index (κ2) is 12.9. The lowest BCUT2D eigenvalue weighted by atomic mass is 10.00. The van der Waals surface area contributed by atoms with E-state index < -0.39 is 0 Å². The Morgan fingerprint density at radius 3 is 1.75 bits per heavy atom. The number of hydrogen-bond donors (Lipinski definition) is 0. The van der Waals surface area contributed by atoms with Gasteiger partial charge in [0, 0.05) is 53.6 Å². The Balaban J connectivity index is 1.01. The molecule has 0 aliphatic carbocycles. The molecule has 0 unspecified atom stereocenters. The van der Waals surface area contributed by atoms with Crippen molar-refractivity contribution in [2.24, 2.45) is 0 Å². The summed E-state index contributed by atoms with van der Waals surface area (Å²) in [4.78, 5) is 2.35. The van der Waals surface area contributed by atoms with E-state index in [-0.39, 0.29) is 0 Å². The fraction of sp³-hybridized carbons (Fsp3) is 0. The zero-order valence-corrected chi connectivity index (χ0v) is 30.6. The minimum absolute atomic E-state index is 0.904. The van der Waals surface area contributed by atoms with Gasteiger partial charge in [0.15, 0.2) is 0 Å².